The van der Waals surface area contributed by atoms with Crippen LogP contribution in [0.5, 0.6) is 0 Å². The summed E-state index contributed by atoms with van der Waals surface area (Å²) < 4.78 is 26.6. The average molecular weight is 340 g/mol. The Morgan fingerprint density at radius 3 is 2.58 bits per heavy atom. The minimum absolute atomic E-state index is 0.0262. The summed E-state index contributed by atoms with van der Waals surface area (Å²) in [6.45, 7) is 0. The second-order valence-electron chi connectivity index (χ2n) is 5.80. The number of sulfonamides is 1. The summed E-state index contributed by atoms with van der Waals surface area (Å²) in [5.74, 6) is -0.460. The van der Waals surface area contributed by atoms with E-state index in [1.54, 1.807) is 0 Å². The van der Waals surface area contributed by atoms with Crippen molar-refractivity contribution in [2.75, 3.05) is 0 Å². The maximum Gasteiger partial charge on any atom is 0.264 e. The van der Waals surface area contributed by atoms with Crippen LogP contribution < -0.4 is 4.72 Å². The van der Waals surface area contributed by atoms with E-state index >= 15 is 0 Å². The molecule has 0 saturated carbocycles. The number of nitrogens with one attached hydrogen (secondary N) is 1. The van der Waals surface area contributed by atoms with Crippen molar-refractivity contribution in [1.29, 1.82) is 5.26 Å². The predicted molar refractivity (Wildman–Crippen MR) is 88.6 cm³/mol. The smallest absolute Gasteiger partial charge is 0.264 e. The number of nitrogens with zero attached hydrogens (tertiary/aromatic N) is 1. The summed E-state index contributed by atoms with van der Waals surface area (Å²) in [6.07, 6.45) is 1.91. The molecule has 1 N–H and O–H groups in total. The van der Waals surface area contributed by atoms with Crippen LogP contribution in [0.2, 0.25) is 0 Å². The van der Waals surface area contributed by atoms with Crippen molar-refractivity contribution in [1.82, 2.24) is 4.72 Å². The van der Waals surface area contributed by atoms with Crippen molar-refractivity contribution in [3.8, 4) is 6.07 Å². The monoisotopic (exact) mass is 340 g/mol. The molecule has 1 aliphatic rings. The van der Waals surface area contributed by atoms with Gasteiger partial charge in [-0.25, -0.2) is 13.1 Å². The number of nitriles is 1. The molecule has 0 aromatic heterocycles. The van der Waals surface area contributed by atoms with Crippen molar-refractivity contribution >= 4 is 15.9 Å². The highest BCUT2D eigenvalue weighted by Gasteiger charge is 2.26. The van der Waals surface area contributed by atoms with Crippen LogP contribution in [0.3, 0.4) is 0 Å². The van der Waals surface area contributed by atoms with Crippen LogP contribution in [0.1, 0.15) is 35.4 Å². The van der Waals surface area contributed by atoms with Crippen LogP contribution in [0.25, 0.3) is 0 Å². The molecule has 0 spiro atoms. The first-order valence-corrected chi connectivity index (χ1v) is 9.11. The molecule has 1 amide bonds. The standard InChI is InChI=1S/C18H16N2O3S/c19-12-13-5-9-16(10-6-13)24(22,23)20-18(21)11-15-8-7-14-3-1-2-4-17(14)15/h1-6,9-10,15H,7-8,11H2,(H,20,21)/t15-/m1/s1. The molecule has 2 aromatic carbocycles. The van der Waals surface area contributed by atoms with Gasteiger partial charge in [0.2, 0.25) is 5.91 Å². The largest absolute Gasteiger partial charge is 0.274 e. The van der Waals surface area contributed by atoms with Crippen LogP contribution in [0.15, 0.2) is 53.4 Å². The Bertz CT molecular complexity index is 912. The van der Waals surface area contributed by atoms with Gasteiger partial charge in [0, 0.05) is 6.42 Å². The number of rotatable bonds is 4. The number of hydrogen-bond acceptors (Lipinski definition) is 4. The fourth-order valence-corrected chi connectivity index (χ4v) is 4.04. The lowest BCUT2D eigenvalue weighted by Gasteiger charge is -2.12. The Balaban J connectivity index is 1.69. The summed E-state index contributed by atoms with van der Waals surface area (Å²) in [4.78, 5) is 12.2. The first kappa shape index (κ1) is 16.2. The molecule has 122 valence electrons. The number of amides is 1. The number of fused-ring (bicyclic) bond motifs is 1. The second kappa shape index (κ2) is 6.46. The number of aryl methyl sites for hydroxylation is 1. The highest BCUT2D eigenvalue weighted by Crippen LogP contribution is 2.35. The lowest BCUT2D eigenvalue weighted by atomic mass is 9.98. The third kappa shape index (κ3) is 3.31. The lowest BCUT2D eigenvalue weighted by Crippen LogP contribution is -2.31. The average Bonchev–Trinajstić information content (AvgIpc) is 2.97. The third-order valence-corrected chi connectivity index (χ3v) is 5.62. The van der Waals surface area contributed by atoms with E-state index in [9.17, 15) is 13.2 Å². The van der Waals surface area contributed by atoms with Gasteiger partial charge in [-0.15, -0.1) is 0 Å². The molecule has 0 fully saturated rings. The van der Waals surface area contributed by atoms with Crippen LogP contribution in [-0.2, 0) is 21.2 Å². The van der Waals surface area contributed by atoms with Gasteiger partial charge in [-0.05, 0) is 54.2 Å². The highest BCUT2D eigenvalue weighted by molar-refractivity contribution is 7.90. The molecular weight excluding hydrogens is 324 g/mol. The molecule has 0 heterocycles. The molecule has 3 rings (SSSR count). The first-order valence-electron chi connectivity index (χ1n) is 7.63. The molecule has 24 heavy (non-hydrogen) atoms. The van der Waals surface area contributed by atoms with Gasteiger partial charge in [0.25, 0.3) is 10.0 Å². The second-order valence-corrected chi connectivity index (χ2v) is 7.49. The number of carbonyl (C=O) groups excluding carboxylic acids is 1. The Morgan fingerprint density at radius 2 is 1.88 bits per heavy atom. The van der Waals surface area contributed by atoms with Crippen LogP contribution in [-0.4, -0.2) is 14.3 Å². The topological polar surface area (TPSA) is 87.0 Å². The number of benzene rings is 2. The highest BCUT2D eigenvalue weighted by atomic mass is 32.2. The first-order chi connectivity index (χ1) is 11.5. The van der Waals surface area contributed by atoms with E-state index in [-0.39, 0.29) is 17.2 Å². The van der Waals surface area contributed by atoms with E-state index in [1.165, 1.54) is 29.8 Å². The van der Waals surface area contributed by atoms with Gasteiger partial charge in [-0.2, -0.15) is 5.26 Å². The molecule has 0 radical (unpaired) electrons. The van der Waals surface area contributed by atoms with Crippen molar-refractivity contribution in [2.24, 2.45) is 0 Å². The molecule has 0 aliphatic heterocycles. The van der Waals surface area contributed by atoms with E-state index in [0.717, 1.165) is 18.4 Å². The van der Waals surface area contributed by atoms with E-state index in [4.69, 9.17) is 5.26 Å². The summed E-state index contributed by atoms with van der Waals surface area (Å²) >= 11 is 0. The zero-order valence-electron chi connectivity index (χ0n) is 12.9. The van der Waals surface area contributed by atoms with Gasteiger partial charge < -0.3 is 0 Å². The third-order valence-electron chi connectivity index (χ3n) is 4.23. The molecule has 1 atom stereocenters. The maximum absolute atomic E-state index is 12.2. The Hall–Kier alpha value is -2.65. The zero-order valence-corrected chi connectivity index (χ0v) is 13.7. The maximum atomic E-state index is 12.2. The minimum Gasteiger partial charge on any atom is -0.274 e. The van der Waals surface area contributed by atoms with Crippen LogP contribution in [0.4, 0.5) is 0 Å². The minimum atomic E-state index is -3.91. The van der Waals surface area contributed by atoms with Crippen LogP contribution in [0, 0.1) is 11.3 Å². The van der Waals surface area contributed by atoms with Gasteiger partial charge in [-0.1, -0.05) is 24.3 Å². The quantitative estimate of drug-likeness (QED) is 0.926. The summed E-state index contributed by atoms with van der Waals surface area (Å²) in [7, 11) is -3.91. The molecule has 2 aromatic rings. The molecule has 0 bridgehead atoms. The summed E-state index contributed by atoms with van der Waals surface area (Å²) in [5, 5.41) is 8.75. The normalized spacial score (nSPS) is 16.2. The van der Waals surface area contributed by atoms with Gasteiger partial charge >= 0.3 is 0 Å². The number of hydrogen-bond donors (Lipinski definition) is 1. The van der Waals surface area contributed by atoms with Crippen molar-refractivity contribution in [3.63, 3.8) is 0 Å². The van der Waals surface area contributed by atoms with Gasteiger partial charge in [0.1, 0.15) is 0 Å². The Kier molecular flexibility index (Phi) is 4.36. The summed E-state index contributed by atoms with van der Waals surface area (Å²) in [6, 6.07) is 15.3. The van der Waals surface area contributed by atoms with E-state index in [1.807, 2.05) is 30.3 Å². The van der Waals surface area contributed by atoms with Crippen LogP contribution >= 0.6 is 0 Å². The Morgan fingerprint density at radius 1 is 1.17 bits per heavy atom. The van der Waals surface area contributed by atoms with Gasteiger partial charge in [0.05, 0.1) is 16.5 Å². The lowest BCUT2D eigenvalue weighted by molar-refractivity contribution is -0.119. The molecular formula is C18H16N2O3S. The molecule has 0 unspecified atom stereocenters. The molecule has 0 saturated heterocycles. The van der Waals surface area contributed by atoms with Crippen molar-refractivity contribution in [3.05, 3.63) is 65.2 Å². The fourth-order valence-electron chi connectivity index (χ4n) is 3.04. The molecule has 5 nitrogen and oxygen atoms in total. The van der Waals surface area contributed by atoms with Crippen molar-refractivity contribution < 1.29 is 13.2 Å². The fraction of sp³-hybridized carbons (Fsp3) is 0.222. The predicted octanol–water partition coefficient (Wildman–Crippen LogP) is 2.48. The van der Waals surface area contributed by atoms with Crippen molar-refractivity contribution in [2.45, 2.75) is 30.1 Å². The number of carbonyl (C=O) groups is 1. The SMILES string of the molecule is N#Cc1ccc(S(=O)(=O)NC(=O)C[C@H]2CCc3ccccc32)cc1. The van der Waals surface area contributed by atoms with Gasteiger partial charge in [0.15, 0.2) is 0 Å². The molecule has 1 aliphatic carbocycles. The Labute approximate surface area is 141 Å². The summed E-state index contributed by atoms with van der Waals surface area (Å²) in [5.41, 5.74) is 2.72. The van der Waals surface area contributed by atoms with E-state index in [0.29, 0.717) is 5.56 Å². The zero-order chi connectivity index (χ0) is 17.2. The van der Waals surface area contributed by atoms with E-state index < -0.39 is 15.9 Å². The molecule has 6 heteroatoms. The van der Waals surface area contributed by atoms with E-state index in [2.05, 4.69) is 4.72 Å². The van der Waals surface area contributed by atoms with Gasteiger partial charge in [-0.3, -0.25) is 4.79 Å².